The largest absolute Gasteiger partial charge is 0.467 e. The van der Waals surface area contributed by atoms with Crippen LogP contribution in [-0.4, -0.2) is 49.8 Å². The van der Waals surface area contributed by atoms with Crippen LogP contribution in [0.5, 0.6) is 0 Å². The van der Waals surface area contributed by atoms with Gasteiger partial charge in [-0.15, -0.1) is 0 Å². The van der Waals surface area contributed by atoms with E-state index in [0.717, 1.165) is 13.0 Å². The van der Waals surface area contributed by atoms with Crippen LogP contribution in [-0.2, 0) is 14.3 Å². The molecule has 2 unspecified atom stereocenters. The number of nitrogens with zero attached hydrogens (tertiary/aromatic N) is 1. The first-order valence-electron chi connectivity index (χ1n) is 5.73. The van der Waals surface area contributed by atoms with Crippen molar-refractivity contribution in [3.63, 3.8) is 0 Å². The van der Waals surface area contributed by atoms with Gasteiger partial charge in [0.15, 0.2) is 5.60 Å². The van der Waals surface area contributed by atoms with E-state index in [1.165, 1.54) is 7.11 Å². The summed E-state index contributed by atoms with van der Waals surface area (Å²) in [5.74, 6) is -0.115. The monoisotopic (exact) mass is 229 g/mol. The highest BCUT2D eigenvalue weighted by Crippen LogP contribution is 2.55. The van der Waals surface area contributed by atoms with Crippen molar-refractivity contribution < 1.29 is 14.3 Å². The topological polar surface area (TPSA) is 42.1 Å². The molecule has 1 saturated heterocycles. The van der Waals surface area contributed by atoms with Gasteiger partial charge in [-0.1, -0.05) is 13.8 Å². The smallest absolute Gasteiger partial charge is 0.341 e. The molecule has 4 heteroatoms. The summed E-state index contributed by atoms with van der Waals surface area (Å²) >= 11 is 0. The Morgan fingerprint density at radius 3 is 2.38 bits per heavy atom. The maximum Gasteiger partial charge on any atom is 0.341 e. The highest BCUT2D eigenvalue weighted by molar-refractivity contribution is 5.85. The third kappa shape index (κ3) is 1.96. The molecule has 0 aromatic rings. The molecule has 0 N–H and O–H groups in total. The molecule has 0 aromatic carbocycles. The number of hydrogen-bond acceptors (Lipinski definition) is 4. The molecule has 1 rings (SSSR count). The number of methoxy groups -OCH3 is 1. The van der Waals surface area contributed by atoms with Crippen molar-refractivity contribution in [2.75, 3.05) is 27.7 Å². The van der Waals surface area contributed by atoms with Gasteiger partial charge in [-0.2, -0.15) is 0 Å². The number of hydrogen-bond donors (Lipinski definition) is 0. The number of esters is 1. The normalized spacial score (nSPS) is 33.2. The van der Waals surface area contributed by atoms with Gasteiger partial charge in [0.2, 0.25) is 0 Å². The van der Waals surface area contributed by atoms with Crippen molar-refractivity contribution in [3.05, 3.63) is 0 Å². The van der Waals surface area contributed by atoms with Crippen molar-refractivity contribution >= 4 is 5.97 Å². The van der Waals surface area contributed by atoms with Gasteiger partial charge in [0, 0.05) is 6.54 Å². The first-order chi connectivity index (χ1) is 7.30. The van der Waals surface area contributed by atoms with E-state index in [2.05, 4.69) is 4.90 Å². The second-order valence-electron chi connectivity index (χ2n) is 5.27. The molecule has 1 fully saturated rings. The highest BCUT2D eigenvalue weighted by atomic mass is 16.7. The Bertz CT molecular complexity index is 277. The third-order valence-electron chi connectivity index (χ3n) is 3.47. The zero-order valence-corrected chi connectivity index (χ0v) is 11.2. The summed E-state index contributed by atoms with van der Waals surface area (Å²) in [6, 6.07) is 0. The predicted molar refractivity (Wildman–Crippen MR) is 62.2 cm³/mol. The second kappa shape index (κ2) is 4.34. The lowest BCUT2D eigenvalue weighted by atomic mass is 9.82. The molecule has 0 spiro atoms. The standard InChI is InChI=1S/C12H23NO3/c1-9(2)12(10(14)15-6)11(3,16-12)7-8-13(4)5/h9H,7-8H2,1-6H3. The zero-order chi connectivity index (χ0) is 12.6. The molecule has 0 bridgehead atoms. The molecule has 0 saturated carbocycles. The molecule has 2 atom stereocenters. The molecule has 0 amide bonds. The van der Waals surface area contributed by atoms with Crippen molar-refractivity contribution in [1.29, 1.82) is 0 Å². The zero-order valence-electron chi connectivity index (χ0n) is 11.2. The van der Waals surface area contributed by atoms with Crippen molar-refractivity contribution in [2.24, 2.45) is 5.92 Å². The van der Waals surface area contributed by atoms with Crippen molar-refractivity contribution in [3.8, 4) is 0 Å². The molecule has 16 heavy (non-hydrogen) atoms. The van der Waals surface area contributed by atoms with Crippen LogP contribution >= 0.6 is 0 Å². The Balaban J connectivity index is 2.75. The fourth-order valence-electron chi connectivity index (χ4n) is 2.38. The van der Waals surface area contributed by atoms with Crippen LogP contribution in [0.2, 0.25) is 0 Å². The van der Waals surface area contributed by atoms with Gasteiger partial charge in [-0.3, -0.25) is 0 Å². The summed E-state index contributed by atoms with van der Waals surface area (Å²) in [7, 11) is 5.45. The molecule has 94 valence electrons. The molecule has 0 aromatic heterocycles. The van der Waals surface area contributed by atoms with Gasteiger partial charge in [0.1, 0.15) is 5.60 Å². The van der Waals surface area contributed by atoms with Gasteiger partial charge in [-0.25, -0.2) is 4.79 Å². The van der Waals surface area contributed by atoms with Crippen molar-refractivity contribution in [1.82, 2.24) is 4.90 Å². The number of carbonyl (C=O) groups excluding carboxylic acids is 1. The Kier molecular flexibility index (Phi) is 3.65. The Hall–Kier alpha value is -0.610. The Morgan fingerprint density at radius 1 is 1.44 bits per heavy atom. The van der Waals surface area contributed by atoms with E-state index in [1.54, 1.807) is 0 Å². The van der Waals surface area contributed by atoms with Crippen LogP contribution in [0.3, 0.4) is 0 Å². The summed E-state index contributed by atoms with van der Waals surface area (Å²) in [5, 5.41) is 0. The molecule has 1 aliphatic rings. The summed E-state index contributed by atoms with van der Waals surface area (Å²) in [5.41, 5.74) is -1.11. The average molecular weight is 229 g/mol. The maximum atomic E-state index is 11.8. The fourth-order valence-corrected chi connectivity index (χ4v) is 2.38. The van der Waals surface area contributed by atoms with Gasteiger partial charge >= 0.3 is 5.97 Å². The minimum absolute atomic E-state index is 0.132. The molecule has 1 aliphatic heterocycles. The first kappa shape index (κ1) is 13.5. The molecule has 4 nitrogen and oxygen atoms in total. The summed E-state index contributed by atoms with van der Waals surface area (Å²) in [6.07, 6.45) is 0.841. The molecular weight excluding hydrogens is 206 g/mol. The second-order valence-corrected chi connectivity index (χ2v) is 5.27. The quantitative estimate of drug-likeness (QED) is 0.526. The minimum atomic E-state index is -0.738. The lowest BCUT2D eigenvalue weighted by Gasteiger charge is -2.19. The molecule has 0 aliphatic carbocycles. The van der Waals surface area contributed by atoms with Crippen molar-refractivity contribution in [2.45, 2.75) is 38.4 Å². The average Bonchev–Trinajstić information content (AvgIpc) is 2.83. The Labute approximate surface area is 97.9 Å². The molecule has 1 heterocycles. The van der Waals surface area contributed by atoms with Gasteiger partial charge < -0.3 is 14.4 Å². The number of ether oxygens (including phenoxy) is 2. The van der Waals surface area contributed by atoms with Crippen LogP contribution in [0.25, 0.3) is 0 Å². The van der Waals surface area contributed by atoms with E-state index < -0.39 is 5.60 Å². The molecule has 0 radical (unpaired) electrons. The third-order valence-corrected chi connectivity index (χ3v) is 3.47. The van der Waals surface area contributed by atoms with Gasteiger partial charge in [0.05, 0.1) is 7.11 Å². The SMILES string of the molecule is COC(=O)C1(C(C)C)OC1(C)CCN(C)C. The van der Waals surface area contributed by atoms with Crippen LogP contribution in [0.1, 0.15) is 27.2 Å². The van der Waals surface area contributed by atoms with E-state index >= 15 is 0 Å². The van der Waals surface area contributed by atoms with E-state index in [4.69, 9.17) is 9.47 Å². The van der Waals surface area contributed by atoms with Gasteiger partial charge in [0.25, 0.3) is 0 Å². The van der Waals surface area contributed by atoms with E-state index in [-0.39, 0.29) is 17.5 Å². The first-order valence-corrected chi connectivity index (χ1v) is 5.73. The number of epoxide rings is 1. The van der Waals surface area contributed by atoms with Crippen LogP contribution in [0.4, 0.5) is 0 Å². The highest BCUT2D eigenvalue weighted by Gasteiger charge is 2.73. The minimum Gasteiger partial charge on any atom is -0.467 e. The van der Waals surface area contributed by atoms with E-state index in [0.29, 0.717) is 0 Å². The van der Waals surface area contributed by atoms with Gasteiger partial charge in [-0.05, 0) is 33.4 Å². The lowest BCUT2D eigenvalue weighted by molar-refractivity contribution is -0.148. The summed E-state index contributed by atoms with van der Waals surface area (Å²) < 4.78 is 10.6. The predicted octanol–water partition coefficient (Wildman–Crippen LogP) is 1.29. The summed E-state index contributed by atoms with van der Waals surface area (Å²) in [6.45, 7) is 6.89. The van der Waals surface area contributed by atoms with Crippen LogP contribution in [0, 0.1) is 5.92 Å². The number of rotatable bonds is 5. The van der Waals surface area contributed by atoms with E-state index in [9.17, 15) is 4.79 Å². The molecular formula is C12H23NO3. The maximum absolute atomic E-state index is 11.8. The fraction of sp³-hybridized carbons (Fsp3) is 0.917. The summed E-state index contributed by atoms with van der Waals surface area (Å²) in [4.78, 5) is 13.9. The van der Waals surface area contributed by atoms with Crippen LogP contribution in [0.15, 0.2) is 0 Å². The van der Waals surface area contributed by atoms with Crippen LogP contribution < -0.4 is 0 Å². The Morgan fingerprint density at radius 2 is 2.00 bits per heavy atom. The van der Waals surface area contributed by atoms with E-state index in [1.807, 2.05) is 34.9 Å². The number of carbonyl (C=O) groups is 1. The lowest BCUT2D eigenvalue weighted by Crippen LogP contribution is -2.39.